The zero-order chi connectivity index (χ0) is 24.4. The summed E-state index contributed by atoms with van der Waals surface area (Å²) in [6.07, 6.45) is 0. The molecule has 0 fully saturated rings. The zero-order valence-corrected chi connectivity index (χ0v) is 20.6. The summed E-state index contributed by atoms with van der Waals surface area (Å²) >= 11 is 1.26. The molecular weight excluding hydrogens is 456 g/mol. The van der Waals surface area contributed by atoms with Crippen LogP contribution in [0.1, 0.15) is 40.1 Å². The molecule has 0 unspecified atom stereocenters. The lowest BCUT2D eigenvalue weighted by atomic mass is 10.2. The molecule has 6 nitrogen and oxygen atoms in total. The summed E-state index contributed by atoms with van der Waals surface area (Å²) in [5, 5.41) is 1.05. The molecule has 0 amide bonds. The highest BCUT2D eigenvalue weighted by Gasteiger charge is 2.20. The molecule has 9 heteroatoms. The monoisotopic (exact) mass is 485 g/mol. The molecule has 0 saturated heterocycles. The summed E-state index contributed by atoms with van der Waals surface area (Å²) in [4.78, 5) is 24.8. The smallest absolute Gasteiger partial charge is 0.297 e. The second kappa shape index (κ2) is 10.2. The molecule has 2 aromatic carbocycles. The van der Waals surface area contributed by atoms with Gasteiger partial charge in [0.05, 0.1) is 27.7 Å². The molecule has 0 atom stereocenters. The highest BCUT2D eigenvalue weighted by atomic mass is 32.2. The third-order valence-corrected chi connectivity index (χ3v) is 6.90. The zero-order valence-electron chi connectivity index (χ0n) is 19.8. The molecule has 0 bridgehead atoms. The van der Waals surface area contributed by atoms with Crippen LogP contribution in [0.3, 0.4) is 0 Å². The maximum atomic E-state index is 13.9. The van der Waals surface area contributed by atoms with Gasteiger partial charge in [0.25, 0.3) is 5.56 Å². The number of hydrogen-bond donors (Lipinski definition) is 0. The highest BCUT2D eigenvalue weighted by Crippen LogP contribution is 2.28. The maximum Gasteiger partial charge on any atom is 0.320 e. The third kappa shape index (κ3) is 4.86. The summed E-state index contributed by atoms with van der Waals surface area (Å²) in [7, 11) is 0. The Morgan fingerprint density at radius 3 is 2.26 bits per heavy atom. The molecule has 4 aromatic rings. The number of halogens is 2. The van der Waals surface area contributed by atoms with Crippen molar-refractivity contribution in [3.63, 3.8) is 0 Å². The molecule has 0 radical (unpaired) electrons. The lowest BCUT2D eigenvalue weighted by Gasteiger charge is -2.30. The van der Waals surface area contributed by atoms with Gasteiger partial charge in [0, 0.05) is 25.2 Å². The van der Waals surface area contributed by atoms with Gasteiger partial charge in [0.1, 0.15) is 5.82 Å². The Labute approximate surface area is 201 Å². The van der Waals surface area contributed by atoms with Gasteiger partial charge in [-0.1, -0.05) is 36.0 Å². The van der Waals surface area contributed by atoms with E-state index in [0.717, 1.165) is 4.57 Å². The van der Waals surface area contributed by atoms with Crippen LogP contribution in [0, 0.1) is 0 Å². The summed E-state index contributed by atoms with van der Waals surface area (Å²) in [5.74, 6) is 0.420. The van der Waals surface area contributed by atoms with Gasteiger partial charge in [-0.15, -0.1) is 0 Å². The van der Waals surface area contributed by atoms with E-state index in [0.29, 0.717) is 52.3 Å². The minimum Gasteiger partial charge on any atom is -0.297 e. The van der Waals surface area contributed by atoms with Crippen LogP contribution in [0.2, 0.25) is 0 Å². The normalized spacial score (nSPS) is 12.3. The molecule has 0 aliphatic carbocycles. The van der Waals surface area contributed by atoms with Crippen LogP contribution in [-0.4, -0.2) is 42.6 Å². The molecule has 0 N–H and O–H groups in total. The first-order valence-corrected chi connectivity index (χ1v) is 12.4. The van der Waals surface area contributed by atoms with E-state index in [9.17, 15) is 13.6 Å². The van der Waals surface area contributed by atoms with Crippen LogP contribution in [0.4, 0.5) is 8.78 Å². The summed E-state index contributed by atoms with van der Waals surface area (Å²) in [6.45, 7) is 6.95. The molecule has 180 valence electrons. The number of imidazole rings is 1. The third-order valence-electron chi connectivity index (χ3n) is 5.93. The van der Waals surface area contributed by atoms with Crippen LogP contribution in [0.5, 0.6) is 0 Å². The topological polar surface area (TPSA) is 56.0 Å². The van der Waals surface area contributed by atoms with Gasteiger partial charge in [-0.05, 0) is 52.0 Å². The van der Waals surface area contributed by atoms with Gasteiger partial charge in [-0.25, -0.2) is 9.97 Å². The first-order valence-electron chi connectivity index (χ1n) is 11.4. The minimum atomic E-state index is -2.71. The second-order valence-corrected chi connectivity index (χ2v) is 9.69. The number of hydrogen-bond acceptors (Lipinski definition) is 5. The lowest BCUT2D eigenvalue weighted by Crippen LogP contribution is -2.40. The maximum absolute atomic E-state index is 13.9. The molecule has 2 heterocycles. The molecule has 0 aliphatic heterocycles. The second-order valence-electron chi connectivity index (χ2n) is 8.75. The summed E-state index contributed by atoms with van der Waals surface area (Å²) in [6, 6.07) is 14.7. The first kappa shape index (κ1) is 24.3. The Balaban J connectivity index is 1.71. The van der Waals surface area contributed by atoms with E-state index in [-0.39, 0.29) is 17.1 Å². The molecule has 0 saturated carbocycles. The SMILES string of the molecule is CC(C)N(CCn1c(SCc2nc3ccccc3n2C(F)F)nc2ccccc2c1=O)C(C)C. The minimum absolute atomic E-state index is 0.122. The molecular formula is C25H29F2N5OS. The lowest BCUT2D eigenvalue weighted by molar-refractivity contribution is 0.0722. The fourth-order valence-electron chi connectivity index (χ4n) is 4.33. The van der Waals surface area contributed by atoms with Crippen LogP contribution in [-0.2, 0) is 12.3 Å². The Kier molecular flexibility index (Phi) is 7.33. The van der Waals surface area contributed by atoms with E-state index in [1.165, 1.54) is 11.8 Å². The van der Waals surface area contributed by atoms with Crippen molar-refractivity contribution in [3.05, 3.63) is 64.7 Å². The van der Waals surface area contributed by atoms with Crippen molar-refractivity contribution in [2.75, 3.05) is 6.54 Å². The number of rotatable bonds is 9. The number of para-hydroxylation sites is 3. The van der Waals surface area contributed by atoms with E-state index in [4.69, 9.17) is 4.98 Å². The highest BCUT2D eigenvalue weighted by molar-refractivity contribution is 7.98. The van der Waals surface area contributed by atoms with E-state index in [1.54, 1.807) is 41.0 Å². The number of benzene rings is 2. The predicted octanol–water partition coefficient (Wildman–Crippen LogP) is 5.55. The number of aromatic nitrogens is 4. The van der Waals surface area contributed by atoms with Gasteiger partial charge < -0.3 is 0 Å². The van der Waals surface area contributed by atoms with E-state index in [2.05, 4.69) is 37.6 Å². The number of fused-ring (bicyclic) bond motifs is 2. The van der Waals surface area contributed by atoms with Crippen molar-refractivity contribution in [2.24, 2.45) is 0 Å². The van der Waals surface area contributed by atoms with Crippen molar-refractivity contribution in [3.8, 4) is 0 Å². The van der Waals surface area contributed by atoms with Gasteiger partial charge in [0.2, 0.25) is 0 Å². The molecule has 0 aliphatic rings. The number of alkyl halides is 2. The Morgan fingerprint density at radius 2 is 1.59 bits per heavy atom. The quantitative estimate of drug-likeness (QED) is 0.230. The van der Waals surface area contributed by atoms with Crippen LogP contribution < -0.4 is 5.56 Å². The van der Waals surface area contributed by atoms with Crippen molar-refractivity contribution in [1.29, 1.82) is 0 Å². The Morgan fingerprint density at radius 1 is 0.941 bits per heavy atom. The van der Waals surface area contributed by atoms with Crippen molar-refractivity contribution in [1.82, 2.24) is 24.0 Å². The fraction of sp³-hybridized carbons (Fsp3) is 0.400. The average Bonchev–Trinajstić information content (AvgIpc) is 3.17. The van der Waals surface area contributed by atoms with Crippen LogP contribution >= 0.6 is 11.8 Å². The van der Waals surface area contributed by atoms with Crippen molar-refractivity contribution in [2.45, 2.75) is 63.8 Å². The van der Waals surface area contributed by atoms with Gasteiger partial charge in [-0.3, -0.25) is 18.8 Å². The van der Waals surface area contributed by atoms with E-state index < -0.39 is 6.55 Å². The van der Waals surface area contributed by atoms with Crippen LogP contribution in [0.15, 0.2) is 58.5 Å². The fourth-order valence-corrected chi connectivity index (χ4v) is 5.28. The number of nitrogens with zero attached hydrogens (tertiary/aromatic N) is 5. The first-order chi connectivity index (χ1) is 16.3. The van der Waals surface area contributed by atoms with Gasteiger partial charge in [-0.2, -0.15) is 8.78 Å². The molecule has 34 heavy (non-hydrogen) atoms. The predicted molar refractivity (Wildman–Crippen MR) is 134 cm³/mol. The Hall–Kier alpha value is -2.78. The van der Waals surface area contributed by atoms with Gasteiger partial charge in [0.15, 0.2) is 5.16 Å². The largest absolute Gasteiger partial charge is 0.320 e. The van der Waals surface area contributed by atoms with Crippen molar-refractivity contribution < 1.29 is 8.78 Å². The summed E-state index contributed by atoms with van der Waals surface area (Å²) < 4.78 is 30.3. The number of thioether (sulfide) groups is 1. The average molecular weight is 486 g/mol. The van der Waals surface area contributed by atoms with Crippen molar-refractivity contribution >= 4 is 33.7 Å². The van der Waals surface area contributed by atoms with E-state index in [1.807, 2.05) is 12.1 Å². The molecule has 4 rings (SSSR count). The van der Waals surface area contributed by atoms with E-state index >= 15 is 0 Å². The summed E-state index contributed by atoms with van der Waals surface area (Å²) in [5.41, 5.74) is 1.38. The molecule has 0 spiro atoms. The Bertz CT molecular complexity index is 1340. The standard InChI is InChI=1S/C25H29F2N5OS/c1-16(2)30(17(3)4)13-14-31-23(33)18-9-5-6-10-19(18)29-25(31)34-15-22-28-20-11-7-8-12-21(20)32(22)24(26)27/h5-12,16-17,24H,13-15H2,1-4H3. The van der Waals surface area contributed by atoms with Crippen LogP contribution in [0.25, 0.3) is 21.9 Å². The van der Waals surface area contributed by atoms with Gasteiger partial charge >= 0.3 is 6.55 Å². The molecule has 2 aromatic heterocycles.